The van der Waals surface area contributed by atoms with Crippen LogP contribution in [0.3, 0.4) is 0 Å². The molecule has 128 valence electrons. The number of para-hydroxylation sites is 1. The van der Waals surface area contributed by atoms with Crippen LogP contribution in [0.15, 0.2) is 40.0 Å². The summed E-state index contributed by atoms with van der Waals surface area (Å²) in [6.45, 7) is 2.03. The largest absolute Gasteiger partial charge is 0.484 e. The van der Waals surface area contributed by atoms with Gasteiger partial charge in [-0.25, -0.2) is 0 Å². The predicted octanol–water partition coefficient (Wildman–Crippen LogP) is 3.14. The number of ether oxygens (including phenoxy) is 1. The Bertz CT molecular complexity index is 642. The SMILES string of the molecule is O=C(CCSc1nnc(COc2ccccc2)o1)N1CCCCC1. The van der Waals surface area contributed by atoms with E-state index in [0.717, 1.165) is 31.7 Å². The molecule has 3 rings (SSSR count). The first-order valence-electron chi connectivity index (χ1n) is 8.22. The fourth-order valence-electron chi connectivity index (χ4n) is 2.54. The van der Waals surface area contributed by atoms with Crippen molar-refractivity contribution in [3.8, 4) is 5.75 Å². The Balaban J connectivity index is 1.38. The Hall–Kier alpha value is -2.02. The second-order valence-electron chi connectivity index (χ2n) is 5.60. The molecule has 1 amide bonds. The Morgan fingerprint density at radius 2 is 1.96 bits per heavy atom. The minimum Gasteiger partial charge on any atom is -0.484 e. The van der Waals surface area contributed by atoms with Gasteiger partial charge in [0, 0.05) is 25.3 Å². The zero-order valence-electron chi connectivity index (χ0n) is 13.5. The number of hydrogen-bond acceptors (Lipinski definition) is 6. The van der Waals surface area contributed by atoms with Gasteiger partial charge in [-0.15, -0.1) is 10.2 Å². The molecule has 1 aliphatic rings. The minimum atomic E-state index is 0.217. The first-order valence-corrected chi connectivity index (χ1v) is 9.20. The van der Waals surface area contributed by atoms with Crippen molar-refractivity contribution in [3.63, 3.8) is 0 Å². The number of hydrogen-bond donors (Lipinski definition) is 0. The van der Waals surface area contributed by atoms with Crippen LogP contribution in [0.2, 0.25) is 0 Å². The van der Waals surface area contributed by atoms with Crippen molar-refractivity contribution in [2.75, 3.05) is 18.8 Å². The zero-order valence-corrected chi connectivity index (χ0v) is 14.3. The topological polar surface area (TPSA) is 68.5 Å². The molecule has 0 spiro atoms. The van der Waals surface area contributed by atoms with E-state index < -0.39 is 0 Å². The highest BCUT2D eigenvalue weighted by atomic mass is 32.2. The molecule has 7 heteroatoms. The second-order valence-corrected chi connectivity index (χ2v) is 6.65. The quantitative estimate of drug-likeness (QED) is 0.717. The maximum absolute atomic E-state index is 12.1. The lowest BCUT2D eigenvalue weighted by Gasteiger charge is -2.26. The molecule has 1 saturated heterocycles. The zero-order chi connectivity index (χ0) is 16.6. The highest BCUT2D eigenvalue weighted by Gasteiger charge is 2.16. The fraction of sp³-hybridized carbons (Fsp3) is 0.471. The van der Waals surface area contributed by atoms with Gasteiger partial charge in [0.25, 0.3) is 11.1 Å². The fourth-order valence-corrected chi connectivity index (χ4v) is 3.25. The summed E-state index contributed by atoms with van der Waals surface area (Å²) in [5.41, 5.74) is 0. The standard InChI is InChI=1S/C17H21N3O3S/c21-16(20-10-5-2-6-11-20)9-12-24-17-19-18-15(23-17)13-22-14-7-3-1-4-8-14/h1,3-4,7-8H,2,5-6,9-13H2. The van der Waals surface area contributed by atoms with Gasteiger partial charge in [0.2, 0.25) is 5.91 Å². The third-order valence-corrected chi connectivity index (χ3v) is 4.62. The molecule has 1 fully saturated rings. The lowest BCUT2D eigenvalue weighted by Crippen LogP contribution is -2.35. The average molecular weight is 347 g/mol. The van der Waals surface area contributed by atoms with Crippen LogP contribution in [0.5, 0.6) is 5.75 Å². The molecule has 0 N–H and O–H groups in total. The van der Waals surface area contributed by atoms with Gasteiger partial charge in [-0.3, -0.25) is 4.79 Å². The van der Waals surface area contributed by atoms with Crippen molar-refractivity contribution in [2.45, 2.75) is 37.5 Å². The van der Waals surface area contributed by atoms with Crippen LogP contribution >= 0.6 is 11.8 Å². The number of aromatic nitrogens is 2. The smallest absolute Gasteiger partial charge is 0.276 e. The van der Waals surface area contributed by atoms with Crippen molar-refractivity contribution in [1.82, 2.24) is 15.1 Å². The molecule has 0 unspecified atom stereocenters. The van der Waals surface area contributed by atoms with Gasteiger partial charge in [-0.1, -0.05) is 30.0 Å². The van der Waals surface area contributed by atoms with E-state index in [0.29, 0.717) is 23.3 Å². The molecular weight excluding hydrogens is 326 g/mol. The van der Waals surface area contributed by atoms with E-state index in [2.05, 4.69) is 10.2 Å². The van der Waals surface area contributed by atoms with E-state index in [4.69, 9.17) is 9.15 Å². The normalized spacial score (nSPS) is 14.6. The van der Waals surface area contributed by atoms with Crippen LogP contribution in [-0.4, -0.2) is 39.8 Å². The van der Waals surface area contributed by atoms with E-state index in [-0.39, 0.29) is 12.5 Å². The van der Waals surface area contributed by atoms with Gasteiger partial charge in [-0.05, 0) is 31.4 Å². The molecular formula is C17H21N3O3S. The minimum absolute atomic E-state index is 0.217. The summed E-state index contributed by atoms with van der Waals surface area (Å²) in [6.07, 6.45) is 3.97. The molecule has 0 atom stereocenters. The molecule has 24 heavy (non-hydrogen) atoms. The average Bonchev–Trinajstić information content (AvgIpc) is 3.09. The second kappa shape index (κ2) is 8.73. The number of rotatable bonds is 7. The van der Waals surface area contributed by atoms with E-state index in [9.17, 15) is 4.79 Å². The monoisotopic (exact) mass is 347 g/mol. The molecule has 0 saturated carbocycles. The number of carbonyl (C=O) groups is 1. The van der Waals surface area contributed by atoms with Gasteiger partial charge in [0.15, 0.2) is 6.61 Å². The number of thioether (sulfide) groups is 1. The third-order valence-electron chi connectivity index (χ3n) is 3.80. The Labute approximate surface area is 145 Å². The van der Waals surface area contributed by atoms with Crippen molar-refractivity contribution in [2.24, 2.45) is 0 Å². The Morgan fingerprint density at radius 3 is 2.75 bits per heavy atom. The maximum atomic E-state index is 12.1. The number of benzene rings is 1. The van der Waals surface area contributed by atoms with Crippen molar-refractivity contribution >= 4 is 17.7 Å². The summed E-state index contributed by atoms with van der Waals surface area (Å²) in [7, 11) is 0. The van der Waals surface area contributed by atoms with E-state index in [1.165, 1.54) is 18.2 Å². The predicted molar refractivity (Wildman–Crippen MR) is 90.8 cm³/mol. The summed E-state index contributed by atoms with van der Waals surface area (Å²) >= 11 is 1.41. The third kappa shape index (κ3) is 4.99. The summed E-state index contributed by atoms with van der Waals surface area (Å²) in [5.74, 6) is 2.06. The highest BCUT2D eigenvalue weighted by Crippen LogP contribution is 2.19. The molecule has 1 aliphatic heterocycles. The lowest BCUT2D eigenvalue weighted by molar-refractivity contribution is -0.131. The Kier molecular flexibility index (Phi) is 6.12. The van der Waals surface area contributed by atoms with Crippen molar-refractivity contribution in [3.05, 3.63) is 36.2 Å². The van der Waals surface area contributed by atoms with Crippen LogP contribution < -0.4 is 4.74 Å². The van der Waals surface area contributed by atoms with Crippen molar-refractivity contribution < 1.29 is 13.9 Å². The Morgan fingerprint density at radius 1 is 1.17 bits per heavy atom. The van der Waals surface area contributed by atoms with Crippen LogP contribution in [0, 0.1) is 0 Å². The molecule has 1 aromatic carbocycles. The van der Waals surface area contributed by atoms with Gasteiger partial charge >= 0.3 is 0 Å². The van der Waals surface area contributed by atoms with E-state index in [1.54, 1.807) is 0 Å². The highest BCUT2D eigenvalue weighted by molar-refractivity contribution is 7.99. The number of piperidine rings is 1. The van der Waals surface area contributed by atoms with E-state index in [1.807, 2.05) is 35.2 Å². The molecule has 0 aliphatic carbocycles. The molecule has 2 aromatic rings. The summed E-state index contributed by atoms with van der Waals surface area (Å²) in [4.78, 5) is 14.0. The van der Waals surface area contributed by atoms with E-state index >= 15 is 0 Å². The van der Waals surface area contributed by atoms with Gasteiger partial charge in [0.05, 0.1) is 0 Å². The van der Waals surface area contributed by atoms with Gasteiger partial charge < -0.3 is 14.1 Å². The number of amides is 1. The van der Waals surface area contributed by atoms with Crippen LogP contribution in [0.25, 0.3) is 0 Å². The molecule has 6 nitrogen and oxygen atoms in total. The first-order chi connectivity index (χ1) is 11.8. The van der Waals surface area contributed by atoms with Gasteiger partial charge in [-0.2, -0.15) is 0 Å². The first kappa shape index (κ1) is 16.8. The number of nitrogens with zero attached hydrogens (tertiary/aromatic N) is 3. The number of likely N-dealkylation sites (tertiary alicyclic amines) is 1. The van der Waals surface area contributed by atoms with Gasteiger partial charge in [0.1, 0.15) is 5.75 Å². The van der Waals surface area contributed by atoms with Crippen LogP contribution in [-0.2, 0) is 11.4 Å². The maximum Gasteiger partial charge on any atom is 0.276 e. The number of carbonyl (C=O) groups excluding carboxylic acids is 1. The molecule has 1 aromatic heterocycles. The lowest BCUT2D eigenvalue weighted by atomic mass is 10.1. The summed E-state index contributed by atoms with van der Waals surface area (Å²) in [5, 5.41) is 8.42. The molecule has 0 radical (unpaired) electrons. The summed E-state index contributed by atoms with van der Waals surface area (Å²) in [6, 6.07) is 9.49. The summed E-state index contributed by atoms with van der Waals surface area (Å²) < 4.78 is 11.1. The van der Waals surface area contributed by atoms with Crippen LogP contribution in [0.4, 0.5) is 0 Å². The van der Waals surface area contributed by atoms with Crippen molar-refractivity contribution in [1.29, 1.82) is 0 Å². The molecule has 0 bridgehead atoms. The molecule has 2 heterocycles. The van der Waals surface area contributed by atoms with Crippen LogP contribution in [0.1, 0.15) is 31.6 Å².